The van der Waals surface area contributed by atoms with Crippen molar-refractivity contribution >= 4 is 0 Å². The van der Waals surface area contributed by atoms with Gasteiger partial charge in [-0.2, -0.15) is 0 Å². The molecule has 1 nitrogen and oxygen atoms in total. The van der Waals surface area contributed by atoms with Gasteiger partial charge in [-0.3, -0.25) is 0 Å². The number of hydrogen-bond acceptors (Lipinski definition) is 1. The van der Waals surface area contributed by atoms with Crippen LogP contribution in [0.15, 0.2) is 0 Å². The third-order valence-electron chi connectivity index (χ3n) is 2.18. The summed E-state index contributed by atoms with van der Waals surface area (Å²) in [5.74, 6) is 0.810. The van der Waals surface area contributed by atoms with Crippen molar-refractivity contribution in [3.8, 4) is 0 Å². The minimum Gasteiger partial charge on any atom is -0.378 e. The summed E-state index contributed by atoms with van der Waals surface area (Å²) in [6.07, 6.45) is 3.07. The molecule has 0 aliphatic carbocycles. The molecule has 0 bridgehead atoms. The molecule has 11 heavy (non-hydrogen) atoms. The van der Waals surface area contributed by atoms with Crippen LogP contribution >= 0.6 is 0 Å². The molecule has 0 saturated carbocycles. The molecule has 1 aliphatic heterocycles. The minimum absolute atomic E-state index is 0.470. The van der Waals surface area contributed by atoms with Gasteiger partial charge in [0.25, 0.3) is 0 Å². The highest BCUT2D eigenvalue weighted by Crippen LogP contribution is 2.31. The van der Waals surface area contributed by atoms with Crippen molar-refractivity contribution in [2.24, 2.45) is 11.3 Å². The molecule has 0 radical (unpaired) electrons. The average molecular weight is 156 g/mol. The normalized spacial score (nSPS) is 32.7. The van der Waals surface area contributed by atoms with Gasteiger partial charge >= 0.3 is 0 Å². The van der Waals surface area contributed by atoms with E-state index in [1.54, 1.807) is 0 Å². The van der Waals surface area contributed by atoms with Crippen LogP contribution in [-0.2, 0) is 4.74 Å². The quantitative estimate of drug-likeness (QED) is 0.567. The monoisotopic (exact) mass is 156 g/mol. The maximum absolute atomic E-state index is 5.51. The summed E-state index contributed by atoms with van der Waals surface area (Å²) in [7, 11) is 0. The van der Waals surface area contributed by atoms with Crippen molar-refractivity contribution in [2.75, 3.05) is 6.61 Å². The van der Waals surface area contributed by atoms with Crippen LogP contribution < -0.4 is 0 Å². The van der Waals surface area contributed by atoms with E-state index >= 15 is 0 Å². The summed E-state index contributed by atoms with van der Waals surface area (Å²) in [5, 5.41) is 0. The Morgan fingerprint density at radius 1 is 1.36 bits per heavy atom. The topological polar surface area (TPSA) is 9.23 Å². The molecule has 66 valence electrons. The second-order valence-electron chi connectivity index (χ2n) is 5.01. The predicted molar refractivity (Wildman–Crippen MR) is 47.6 cm³/mol. The van der Waals surface area contributed by atoms with E-state index in [9.17, 15) is 0 Å². The largest absolute Gasteiger partial charge is 0.378 e. The fourth-order valence-corrected chi connectivity index (χ4v) is 1.91. The lowest BCUT2D eigenvalue weighted by Gasteiger charge is -2.21. The van der Waals surface area contributed by atoms with Crippen molar-refractivity contribution < 1.29 is 4.74 Å². The minimum atomic E-state index is 0.470. The van der Waals surface area contributed by atoms with Crippen molar-refractivity contribution in [2.45, 2.75) is 46.6 Å². The zero-order valence-electron chi connectivity index (χ0n) is 8.18. The molecule has 0 aromatic heterocycles. The third-order valence-corrected chi connectivity index (χ3v) is 2.18. The van der Waals surface area contributed by atoms with Crippen LogP contribution in [0.2, 0.25) is 0 Å². The molecule has 0 aromatic rings. The van der Waals surface area contributed by atoms with E-state index < -0.39 is 0 Å². The Labute approximate surface area is 70.1 Å². The first-order chi connectivity index (χ1) is 4.97. The molecule has 0 aromatic carbocycles. The van der Waals surface area contributed by atoms with Gasteiger partial charge in [0.1, 0.15) is 0 Å². The van der Waals surface area contributed by atoms with Crippen LogP contribution in [0.4, 0.5) is 0 Å². The summed E-state index contributed by atoms with van der Waals surface area (Å²) >= 11 is 0. The summed E-state index contributed by atoms with van der Waals surface area (Å²) in [6.45, 7) is 10.1. The zero-order chi connectivity index (χ0) is 8.48. The van der Waals surface area contributed by atoms with E-state index in [0.717, 1.165) is 12.5 Å². The molecule has 1 aliphatic rings. The second kappa shape index (κ2) is 3.14. The summed E-state index contributed by atoms with van der Waals surface area (Å²) in [4.78, 5) is 0. The number of ether oxygens (including phenoxy) is 1. The van der Waals surface area contributed by atoms with Crippen LogP contribution in [0.5, 0.6) is 0 Å². The molecule has 1 heterocycles. The molecule has 0 N–H and O–H groups in total. The van der Waals surface area contributed by atoms with Gasteiger partial charge in [-0.15, -0.1) is 0 Å². The van der Waals surface area contributed by atoms with E-state index in [0.29, 0.717) is 11.5 Å². The first-order valence-electron chi connectivity index (χ1n) is 4.59. The Balaban J connectivity index is 2.29. The van der Waals surface area contributed by atoms with Gasteiger partial charge in [0.05, 0.1) is 6.10 Å². The Morgan fingerprint density at radius 2 is 2.00 bits per heavy atom. The Morgan fingerprint density at radius 3 is 2.36 bits per heavy atom. The van der Waals surface area contributed by atoms with Gasteiger partial charge in [-0.25, -0.2) is 0 Å². The molecule has 2 atom stereocenters. The molecule has 1 fully saturated rings. The fraction of sp³-hybridized carbons (Fsp3) is 1.00. The Kier molecular flexibility index (Phi) is 2.58. The van der Waals surface area contributed by atoms with E-state index in [-0.39, 0.29) is 0 Å². The molecule has 2 unspecified atom stereocenters. The first kappa shape index (κ1) is 9.05. The van der Waals surface area contributed by atoms with Crippen LogP contribution in [0.25, 0.3) is 0 Å². The Hall–Kier alpha value is -0.0400. The standard InChI is InChI=1S/C10H20O/c1-8-5-9(7-11-8)6-10(2,3)4/h8-9H,5-7H2,1-4H3. The number of hydrogen-bond donors (Lipinski definition) is 0. The van der Waals surface area contributed by atoms with Crippen molar-refractivity contribution in [3.05, 3.63) is 0 Å². The molecular formula is C10H20O. The maximum Gasteiger partial charge on any atom is 0.0550 e. The highest BCUT2D eigenvalue weighted by molar-refractivity contribution is 4.75. The molecule has 1 rings (SSSR count). The summed E-state index contributed by atoms with van der Waals surface area (Å²) < 4.78 is 5.51. The molecule has 0 amide bonds. The highest BCUT2D eigenvalue weighted by atomic mass is 16.5. The van der Waals surface area contributed by atoms with E-state index in [2.05, 4.69) is 27.7 Å². The highest BCUT2D eigenvalue weighted by Gasteiger charge is 2.26. The summed E-state index contributed by atoms with van der Waals surface area (Å²) in [5.41, 5.74) is 0.470. The second-order valence-corrected chi connectivity index (χ2v) is 5.01. The lowest BCUT2D eigenvalue weighted by atomic mass is 9.84. The molecule has 1 saturated heterocycles. The van der Waals surface area contributed by atoms with Gasteiger partial charge in [0, 0.05) is 6.61 Å². The fourth-order valence-electron chi connectivity index (χ4n) is 1.91. The van der Waals surface area contributed by atoms with Crippen molar-refractivity contribution in [1.82, 2.24) is 0 Å². The van der Waals surface area contributed by atoms with Gasteiger partial charge in [0.15, 0.2) is 0 Å². The lowest BCUT2D eigenvalue weighted by Crippen LogP contribution is -2.13. The average Bonchev–Trinajstić information content (AvgIpc) is 2.10. The zero-order valence-corrected chi connectivity index (χ0v) is 8.18. The van der Waals surface area contributed by atoms with Gasteiger partial charge < -0.3 is 4.74 Å². The van der Waals surface area contributed by atoms with Crippen molar-refractivity contribution in [1.29, 1.82) is 0 Å². The molecular weight excluding hydrogens is 136 g/mol. The maximum atomic E-state index is 5.51. The summed E-state index contributed by atoms with van der Waals surface area (Å²) in [6, 6.07) is 0. The van der Waals surface area contributed by atoms with Crippen LogP contribution in [0, 0.1) is 11.3 Å². The van der Waals surface area contributed by atoms with Crippen LogP contribution in [0.1, 0.15) is 40.5 Å². The first-order valence-corrected chi connectivity index (χ1v) is 4.59. The van der Waals surface area contributed by atoms with Gasteiger partial charge in [-0.05, 0) is 31.1 Å². The number of rotatable bonds is 1. The van der Waals surface area contributed by atoms with Crippen LogP contribution in [-0.4, -0.2) is 12.7 Å². The Bertz CT molecular complexity index is 123. The SMILES string of the molecule is CC1CC(CC(C)(C)C)CO1. The van der Waals surface area contributed by atoms with Gasteiger partial charge in [-0.1, -0.05) is 20.8 Å². The van der Waals surface area contributed by atoms with E-state index in [4.69, 9.17) is 4.74 Å². The predicted octanol–water partition coefficient (Wildman–Crippen LogP) is 2.85. The third kappa shape index (κ3) is 3.24. The van der Waals surface area contributed by atoms with E-state index in [1.807, 2.05) is 0 Å². The van der Waals surface area contributed by atoms with Gasteiger partial charge in [0.2, 0.25) is 0 Å². The smallest absolute Gasteiger partial charge is 0.0550 e. The lowest BCUT2D eigenvalue weighted by molar-refractivity contribution is 0.116. The van der Waals surface area contributed by atoms with Crippen LogP contribution in [0.3, 0.4) is 0 Å². The molecule has 0 spiro atoms. The van der Waals surface area contributed by atoms with E-state index in [1.165, 1.54) is 12.8 Å². The van der Waals surface area contributed by atoms with Crippen molar-refractivity contribution in [3.63, 3.8) is 0 Å². The molecule has 1 heteroatoms.